The summed E-state index contributed by atoms with van der Waals surface area (Å²) in [4.78, 5) is 19.4. The van der Waals surface area contributed by atoms with Gasteiger partial charge in [0.05, 0.1) is 5.69 Å². The van der Waals surface area contributed by atoms with Crippen molar-refractivity contribution in [2.75, 3.05) is 26.3 Å². The average Bonchev–Trinajstić information content (AvgIpc) is 2.56. The van der Waals surface area contributed by atoms with Crippen molar-refractivity contribution in [3.8, 4) is 0 Å². The second-order valence-corrected chi connectivity index (χ2v) is 7.22. The Kier molecular flexibility index (Phi) is 5.85. The third-order valence-corrected chi connectivity index (χ3v) is 5.06. The molecule has 0 aromatic carbocycles. The quantitative estimate of drug-likeness (QED) is 0.919. The zero-order valence-electron chi connectivity index (χ0n) is 14.9. The van der Waals surface area contributed by atoms with Crippen LogP contribution >= 0.6 is 0 Å². The maximum atomic E-state index is 12.3. The van der Waals surface area contributed by atoms with Crippen molar-refractivity contribution in [1.82, 2.24) is 15.2 Å². The van der Waals surface area contributed by atoms with Crippen LogP contribution in [-0.2, 0) is 16.1 Å². The Balaban J connectivity index is 1.44. The summed E-state index contributed by atoms with van der Waals surface area (Å²) >= 11 is 0. The Morgan fingerprint density at radius 3 is 2.58 bits per heavy atom. The summed E-state index contributed by atoms with van der Waals surface area (Å²) in [6.45, 7) is 8.56. The first kappa shape index (κ1) is 17.4. The van der Waals surface area contributed by atoms with Crippen molar-refractivity contribution >= 4 is 5.91 Å². The van der Waals surface area contributed by atoms with Gasteiger partial charge in [-0.1, -0.05) is 0 Å². The van der Waals surface area contributed by atoms with Crippen LogP contribution in [0.1, 0.15) is 42.6 Å². The van der Waals surface area contributed by atoms with E-state index in [2.05, 4.69) is 41.2 Å². The lowest BCUT2D eigenvalue weighted by Crippen LogP contribution is -2.46. The molecular formula is C19H29N3O2. The predicted octanol–water partition coefficient (Wildman–Crippen LogP) is 2.21. The van der Waals surface area contributed by atoms with Crippen LogP contribution in [0.4, 0.5) is 0 Å². The molecule has 0 unspecified atom stereocenters. The molecular weight excluding hydrogens is 302 g/mol. The summed E-state index contributed by atoms with van der Waals surface area (Å²) in [6.07, 6.45) is 3.78. The predicted molar refractivity (Wildman–Crippen MR) is 93.7 cm³/mol. The number of amides is 1. The van der Waals surface area contributed by atoms with Crippen LogP contribution in [0, 0.1) is 19.8 Å². The van der Waals surface area contributed by atoms with Crippen LogP contribution in [0.5, 0.6) is 0 Å². The number of aromatic nitrogens is 1. The fourth-order valence-electron chi connectivity index (χ4n) is 3.75. The van der Waals surface area contributed by atoms with Gasteiger partial charge < -0.3 is 10.1 Å². The van der Waals surface area contributed by atoms with Gasteiger partial charge in [0.1, 0.15) is 0 Å². The van der Waals surface area contributed by atoms with Gasteiger partial charge in [-0.15, -0.1) is 0 Å². The van der Waals surface area contributed by atoms with Gasteiger partial charge in [0.15, 0.2) is 0 Å². The first-order valence-electron chi connectivity index (χ1n) is 9.15. The van der Waals surface area contributed by atoms with Crippen molar-refractivity contribution in [3.63, 3.8) is 0 Å². The highest BCUT2D eigenvalue weighted by Crippen LogP contribution is 2.18. The second kappa shape index (κ2) is 8.08. The van der Waals surface area contributed by atoms with Gasteiger partial charge in [-0.2, -0.15) is 0 Å². The summed E-state index contributed by atoms with van der Waals surface area (Å²) in [7, 11) is 0. The first-order chi connectivity index (χ1) is 11.6. The molecule has 0 saturated carbocycles. The van der Waals surface area contributed by atoms with Crippen molar-refractivity contribution in [2.24, 2.45) is 5.92 Å². The Hall–Kier alpha value is -1.46. The molecule has 0 spiro atoms. The van der Waals surface area contributed by atoms with E-state index in [1.165, 1.54) is 5.56 Å². The van der Waals surface area contributed by atoms with Gasteiger partial charge in [0.25, 0.3) is 0 Å². The highest BCUT2D eigenvalue weighted by molar-refractivity contribution is 5.79. The van der Waals surface area contributed by atoms with Crippen LogP contribution in [0.25, 0.3) is 0 Å². The number of hydrogen-bond donors (Lipinski definition) is 1. The second-order valence-electron chi connectivity index (χ2n) is 7.22. The molecule has 2 saturated heterocycles. The molecule has 2 aliphatic rings. The summed E-state index contributed by atoms with van der Waals surface area (Å²) in [5.74, 6) is 0.379. The normalized spacial score (nSPS) is 20.9. The lowest BCUT2D eigenvalue weighted by molar-refractivity contribution is -0.128. The third kappa shape index (κ3) is 4.77. The molecule has 24 heavy (non-hydrogen) atoms. The highest BCUT2D eigenvalue weighted by Gasteiger charge is 2.26. The van der Waals surface area contributed by atoms with Crippen LogP contribution < -0.4 is 5.32 Å². The highest BCUT2D eigenvalue weighted by atomic mass is 16.5. The van der Waals surface area contributed by atoms with E-state index in [1.807, 2.05) is 0 Å². The zero-order valence-corrected chi connectivity index (χ0v) is 14.9. The number of pyridine rings is 1. The van der Waals surface area contributed by atoms with Gasteiger partial charge >= 0.3 is 0 Å². The minimum absolute atomic E-state index is 0.149. The molecule has 3 heterocycles. The molecule has 1 aromatic rings. The standard InChI is InChI=1S/C19H29N3O2/c1-14-11-15(2)20-18(12-14)13-22-7-3-17(4-8-22)21-19(23)16-5-9-24-10-6-16/h11-12,16-17H,3-10,13H2,1-2H3,(H,21,23). The molecule has 2 fully saturated rings. The Bertz CT molecular complexity index is 541. The molecule has 1 amide bonds. The van der Waals surface area contributed by atoms with Crippen molar-refractivity contribution < 1.29 is 9.53 Å². The van der Waals surface area contributed by atoms with Gasteiger partial charge in [-0.05, 0) is 57.2 Å². The topological polar surface area (TPSA) is 54.5 Å². The van der Waals surface area contributed by atoms with E-state index in [0.717, 1.165) is 69.9 Å². The van der Waals surface area contributed by atoms with Gasteiger partial charge in [0.2, 0.25) is 5.91 Å². The third-order valence-electron chi connectivity index (χ3n) is 5.06. The zero-order chi connectivity index (χ0) is 16.9. The molecule has 5 heteroatoms. The number of likely N-dealkylation sites (tertiary alicyclic amines) is 1. The van der Waals surface area contributed by atoms with E-state index in [4.69, 9.17) is 4.74 Å². The van der Waals surface area contributed by atoms with E-state index in [-0.39, 0.29) is 11.8 Å². The van der Waals surface area contributed by atoms with Crippen LogP contribution in [0.15, 0.2) is 12.1 Å². The maximum Gasteiger partial charge on any atom is 0.223 e. The lowest BCUT2D eigenvalue weighted by Gasteiger charge is -2.33. The molecule has 5 nitrogen and oxygen atoms in total. The number of nitrogens with one attached hydrogen (secondary N) is 1. The number of ether oxygens (including phenoxy) is 1. The number of hydrogen-bond acceptors (Lipinski definition) is 4. The molecule has 2 aliphatic heterocycles. The number of carbonyl (C=O) groups excluding carboxylic acids is 1. The summed E-state index contributed by atoms with van der Waals surface area (Å²) in [5.41, 5.74) is 3.51. The summed E-state index contributed by atoms with van der Waals surface area (Å²) in [6, 6.07) is 4.61. The summed E-state index contributed by atoms with van der Waals surface area (Å²) < 4.78 is 5.33. The number of rotatable bonds is 4. The smallest absolute Gasteiger partial charge is 0.223 e. The van der Waals surface area contributed by atoms with E-state index in [1.54, 1.807) is 0 Å². The average molecular weight is 331 g/mol. The van der Waals surface area contributed by atoms with Crippen molar-refractivity contribution in [1.29, 1.82) is 0 Å². The largest absolute Gasteiger partial charge is 0.381 e. The van der Waals surface area contributed by atoms with Gasteiger partial charge in [-0.25, -0.2) is 0 Å². The molecule has 0 bridgehead atoms. The fourth-order valence-corrected chi connectivity index (χ4v) is 3.75. The number of nitrogens with zero attached hydrogens (tertiary/aromatic N) is 2. The molecule has 0 radical (unpaired) electrons. The molecule has 1 aromatic heterocycles. The minimum Gasteiger partial charge on any atom is -0.381 e. The van der Waals surface area contributed by atoms with Crippen molar-refractivity contribution in [3.05, 3.63) is 29.1 Å². The van der Waals surface area contributed by atoms with E-state index in [9.17, 15) is 4.79 Å². The van der Waals surface area contributed by atoms with Gasteiger partial charge in [0, 0.05) is 50.5 Å². The number of piperidine rings is 1. The van der Waals surface area contributed by atoms with E-state index in [0.29, 0.717) is 6.04 Å². The molecule has 0 aliphatic carbocycles. The minimum atomic E-state index is 0.149. The van der Waals surface area contributed by atoms with Gasteiger partial charge in [-0.3, -0.25) is 14.7 Å². The Morgan fingerprint density at radius 1 is 1.21 bits per heavy atom. The monoisotopic (exact) mass is 331 g/mol. The first-order valence-corrected chi connectivity index (χ1v) is 9.15. The maximum absolute atomic E-state index is 12.3. The number of aryl methyl sites for hydroxylation is 2. The Labute approximate surface area is 144 Å². The number of carbonyl (C=O) groups is 1. The molecule has 0 atom stereocenters. The Morgan fingerprint density at radius 2 is 1.92 bits per heavy atom. The molecule has 132 valence electrons. The van der Waals surface area contributed by atoms with Crippen LogP contribution in [0.2, 0.25) is 0 Å². The molecule has 3 rings (SSSR count). The lowest BCUT2D eigenvalue weighted by atomic mass is 9.97. The summed E-state index contributed by atoms with van der Waals surface area (Å²) in [5, 5.41) is 3.25. The van der Waals surface area contributed by atoms with E-state index < -0.39 is 0 Å². The van der Waals surface area contributed by atoms with Crippen molar-refractivity contribution in [2.45, 2.75) is 52.1 Å². The van der Waals surface area contributed by atoms with E-state index >= 15 is 0 Å². The SMILES string of the molecule is Cc1cc(C)nc(CN2CCC(NC(=O)C3CCOCC3)CC2)c1. The molecule has 1 N–H and O–H groups in total. The van der Waals surface area contributed by atoms with Crippen LogP contribution in [0.3, 0.4) is 0 Å². The van der Waals surface area contributed by atoms with Crippen LogP contribution in [-0.4, -0.2) is 48.1 Å². The fraction of sp³-hybridized carbons (Fsp3) is 0.684.